The first-order chi connectivity index (χ1) is 8.50. The van der Waals surface area contributed by atoms with Gasteiger partial charge in [-0.15, -0.1) is 0 Å². The third-order valence-corrected chi connectivity index (χ3v) is 1.45. The normalized spacial score (nSPS) is 8.00. The van der Waals surface area contributed by atoms with Crippen molar-refractivity contribution in [2.75, 3.05) is 0 Å². The van der Waals surface area contributed by atoms with E-state index in [1.54, 1.807) is 43.2 Å². The summed E-state index contributed by atoms with van der Waals surface area (Å²) in [5.74, 6) is 0. The van der Waals surface area contributed by atoms with E-state index in [4.69, 9.17) is 0 Å². The zero-order chi connectivity index (χ0) is 12.0. The Labute approximate surface area is 99.6 Å². The molecule has 0 spiro atoms. The SMILES string of the molecule is c1ccncc1.c1cn[nH]c1.c1cncnc1. The first-order valence-corrected chi connectivity index (χ1v) is 4.99. The number of nitrogens with zero attached hydrogens (tertiary/aromatic N) is 4. The lowest BCUT2D eigenvalue weighted by Crippen LogP contribution is -1.66. The van der Waals surface area contributed by atoms with Crippen LogP contribution in [0.25, 0.3) is 0 Å². The van der Waals surface area contributed by atoms with E-state index in [9.17, 15) is 0 Å². The van der Waals surface area contributed by atoms with Gasteiger partial charge < -0.3 is 0 Å². The molecule has 5 heteroatoms. The van der Waals surface area contributed by atoms with Crippen LogP contribution in [-0.4, -0.2) is 25.1 Å². The molecular weight excluding hydrogens is 214 g/mol. The zero-order valence-corrected chi connectivity index (χ0v) is 9.22. The number of aromatic amines is 1. The highest BCUT2D eigenvalue weighted by Gasteiger charge is 1.59. The van der Waals surface area contributed by atoms with Gasteiger partial charge in [-0.2, -0.15) is 5.10 Å². The van der Waals surface area contributed by atoms with Crippen molar-refractivity contribution in [3.63, 3.8) is 0 Å². The van der Waals surface area contributed by atoms with E-state index >= 15 is 0 Å². The summed E-state index contributed by atoms with van der Waals surface area (Å²) in [5.41, 5.74) is 0. The van der Waals surface area contributed by atoms with Crippen molar-refractivity contribution in [2.45, 2.75) is 0 Å². The van der Waals surface area contributed by atoms with Crippen LogP contribution in [0, 0.1) is 0 Å². The molecule has 0 aromatic carbocycles. The van der Waals surface area contributed by atoms with Crippen LogP contribution in [-0.2, 0) is 0 Å². The van der Waals surface area contributed by atoms with Crippen molar-refractivity contribution in [3.8, 4) is 0 Å². The summed E-state index contributed by atoms with van der Waals surface area (Å²) in [6, 6.07) is 9.33. The first-order valence-electron chi connectivity index (χ1n) is 4.99. The Morgan fingerprint density at radius 2 is 1.29 bits per heavy atom. The van der Waals surface area contributed by atoms with E-state index in [2.05, 4.69) is 25.1 Å². The fraction of sp³-hybridized carbons (Fsp3) is 0. The van der Waals surface area contributed by atoms with Gasteiger partial charge in [0, 0.05) is 37.2 Å². The van der Waals surface area contributed by atoms with Gasteiger partial charge in [-0.25, -0.2) is 9.97 Å². The van der Waals surface area contributed by atoms with Gasteiger partial charge in [0.1, 0.15) is 6.33 Å². The third kappa shape index (κ3) is 8.44. The van der Waals surface area contributed by atoms with Gasteiger partial charge >= 0.3 is 0 Å². The molecule has 0 radical (unpaired) electrons. The van der Waals surface area contributed by atoms with Crippen molar-refractivity contribution < 1.29 is 0 Å². The maximum atomic E-state index is 3.78. The van der Waals surface area contributed by atoms with Crippen LogP contribution in [0.3, 0.4) is 0 Å². The summed E-state index contributed by atoms with van der Waals surface area (Å²) >= 11 is 0. The van der Waals surface area contributed by atoms with Crippen molar-refractivity contribution in [1.29, 1.82) is 0 Å². The maximum absolute atomic E-state index is 3.78. The van der Waals surface area contributed by atoms with Crippen LogP contribution < -0.4 is 0 Å². The minimum Gasteiger partial charge on any atom is -0.286 e. The molecule has 17 heavy (non-hydrogen) atoms. The average Bonchev–Trinajstić information content (AvgIpc) is 3.03. The number of aromatic nitrogens is 5. The van der Waals surface area contributed by atoms with Gasteiger partial charge in [0.05, 0.1) is 0 Å². The first kappa shape index (κ1) is 12.5. The molecule has 3 aromatic heterocycles. The van der Waals surface area contributed by atoms with Gasteiger partial charge in [0.2, 0.25) is 0 Å². The topological polar surface area (TPSA) is 67.3 Å². The number of nitrogens with one attached hydrogen (secondary N) is 1. The van der Waals surface area contributed by atoms with Crippen LogP contribution in [0.1, 0.15) is 0 Å². The van der Waals surface area contributed by atoms with Gasteiger partial charge in [0.15, 0.2) is 0 Å². The Morgan fingerprint density at radius 1 is 0.588 bits per heavy atom. The van der Waals surface area contributed by atoms with E-state index in [0.717, 1.165) is 0 Å². The Kier molecular flexibility index (Phi) is 7.34. The van der Waals surface area contributed by atoms with Crippen molar-refractivity contribution in [1.82, 2.24) is 25.1 Å². The number of hydrogen-bond acceptors (Lipinski definition) is 4. The fourth-order valence-electron chi connectivity index (χ4n) is 0.781. The Hall–Kier alpha value is -2.56. The van der Waals surface area contributed by atoms with Crippen LogP contribution in [0.4, 0.5) is 0 Å². The Balaban J connectivity index is 0.000000128. The highest BCUT2D eigenvalue weighted by molar-refractivity contribution is 4.88. The molecule has 3 rings (SSSR count). The molecule has 0 aliphatic heterocycles. The van der Waals surface area contributed by atoms with Crippen LogP contribution in [0.5, 0.6) is 0 Å². The van der Waals surface area contributed by atoms with E-state index in [-0.39, 0.29) is 0 Å². The molecular formula is C12H13N5. The summed E-state index contributed by atoms with van der Waals surface area (Å²) in [5, 5.41) is 6.21. The summed E-state index contributed by atoms with van der Waals surface area (Å²) in [7, 11) is 0. The van der Waals surface area contributed by atoms with Gasteiger partial charge in [-0.1, -0.05) is 6.07 Å². The summed E-state index contributed by atoms with van der Waals surface area (Å²) in [6.07, 6.45) is 11.8. The lowest BCUT2D eigenvalue weighted by atomic mass is 10.5. The van der Waals surface area contributed by atoms with Gasteiger partial charge in [-0.3, -0.25) is 10.1 Å². The third-order valence-electron chi connectivity index (χ3n) is 1.45. The van der Waals surface area contributed by atoms with Crippen molar-refractivity contribution in [2.24, 2.45) is 0 Å². The molecule has 0 amide bonds. The molecule has 0 unspecified atom stereocenters. The molecule has 0 bridgehead atoms. The monoisotopic (exact) mass is 227 g/mol. The van der Waals surface area contributed by atoms with E-state index < -0.39 is 0 Å². The predicted molar refractivity (Wildman–Crippen MR) is 64.9 cm³/mol. The number of rotatable bonds is 0. The Bertz CT molecular complexity index is 325. The lowest BCUT2D eigenvalue weighted by molar-refractivity contribution is 1.09. The standard InChI is InChI=1S/C5H5N.C4H4N2.C3H4N2/c1-2-4-6-5-3-1;1-2-5-4-6-3-1;1-2-4-5-3-1/h1-5H;1-4H;1-3H,(H,4,5). The molecule has 86 valence electrons. The summed E-state index contributed by atoms with van der Waals surface area (Å²) in [6.45, 7) is 0. The molecule has 5 nitrogen and oxygen atoms in total. The number of H-pyrrole nitrogens is 1. The molecule has 3 aromatic rings. The maximum Gasteiger partial charge on any atom is 0.115 e. The fourth-order valence-corrected chi connectivity index (χ4v) is 0.781. The number of hydrogen-bond donors (Lipinski definition) is 1. The molecule has 0 saturated heterocycles. The predicted octanol–water partition coefficient (Wildman–Crippen LogP) is 1.97. The highest BCUT2D eigenvalue weighted by Crippen LogP contribution is 1.73. The second-order valence-corrected chi connectivity index (χ2v) is 2.70. The molecule has 1 N–H and O–H groups in total. The molecule has 0 aliphatic rings. The molecule has 0 fully saturated rings. The average molecular weight is 227 g/mol. The second kappa shape index (κ2) is 9.97. The summed E-state index contributed by atoms with van der Waals surface area (Å²) < 4.78 is 0. The van der Waals surface area contributed by atoms with E-state index in [0.29, 0.717) is 0 Å². The van der Waals surface area contributed by atoms with Crippen LogP contribution >= 0.6 is 0 Å². The largest absolute Gasteiger partial charge is 0.286 e. The van der Waals surface area contributed by atoms with Gasteiger partial charge in [-0.05, 0) is 24.3 Å². The lowest BCUT2D eigenvalue weighted by Gasteiger charge is -1.70. The smallest absolute Gasteiger partial charge is 0.115 e. The van der Waals surface area contributed by atoms with Crippen molar-refractivity contribution in [3.05, 3.63) is 73.8 Å². The molecule has 0 saturated carbocycles. The number of pyridine rings is 1. The minimum atomic E-state index is 1.50. The van der Waals surface area contributed by atoms with E-state index in [1.807, 2.05) is 24.3 Å². The molecule has 0 atom stereocenters. The molecule has 0 aliphatic carbocycles. The minimum absolute atomic E-state index is 1.50. The summed E-state index contributed by atoms with van der Waals surface area (Å²) in [4.78, 5) is 11.1. The van der Waals surface area contributed by atoms with Crippen LogP contribution in [0.2, 0.25) is 0 Å². The molecule has 3 heterocycles. The van der Waals surface area contributed by atoms with Crippen LogP contribution in [0.15, 0.2) is 73.8 Å². The van der Waals surface area contributed by atoms with Gasteiger partial charge in [0.25, 0.3) is 0 Å². The quantitative estimate of drug-likeness (QED) is 0.637. The van der Waals surface area contributed by atoms with Crippen molar-refractivity contribution >= 4 is 0 Å². The zero-order valence-electron chi connectivity index (χ0n) is 9.22. The Morgan fingerprint density at radius 3 is 1.47 bits per heavy atom. The highest BCUT2D eigenvalue weighted by atomic mass is 15.1. The van der Waals surface area contributed by atoms with E-state index in [1.165, 1.54) is 6.33 Å². The second-order valence-electron chi connectivity index (χ2n) is 2.70.